The van der Waals surface area contributed by atoms with Gasteiger partial charge in [-0.15, -0.1) is 0 Å². The minimum Gasteiger partial charge on any atom is -0.354 e. The van der Waals surface area contributed by atoms with Crippen molar-refractivity contribution >= 4 is 10.1 Å². The summed E-state index contributed by atoms with van der Waals surface area (Å²) in [6, 6.07) is 6.17. The average Bonchev–Trinajstić information content (AvgIpc) is 2.76. The fourth-order valence-corrected chi connectivity index (χ4v) is 2.77. The average molecular weight is 346 g/mol. The minimum absolute atomic E-state index is 0.00742. The Bertz CT molecular complexity index is 656. The zero-order valence-electron chi connectivity index (χ0n) is 10.8. The topological polar surface area (TPSA) is 63.6 Å². The molecule has 1 aliphatic carbocycles. The van der Waals surface area contributed by atoms with Gasteiger partial charge in [-0.3, -0.25) is 4.55 Å². The molecule has 0 spiro atoms. The van der Waals surface area contributed by atoms with E-state index in [-0.39, 0.29) is 6.42 Å². The van der Waals surface area contributed by atoms with Crippen molar-refractivity contribution in [1.29, 1.82) is 0 Å². The molecule has 1 N–H and O–H groups in total. The lowest BCUT2D eigenvalue weighted by Gasteiger charge is -2.29. The van der Waals surface area contributed by atoms with Crippen LogP contribution < -0.4 is 0 Å². The Kier molecular flexibility index (Phi) is 4.22. The van der Waals surface area contributed by atoms with Crippen LogP contribution in [0.5, 0.6) is 0 Å². The third kappa shape index (κ3) is 3.08. The highest BCUT2D eigenvalue weighted by Crippen LogP contribution is 2.43. The molecule has 0 aromatic heterocycles. The Morgan fingerprint density at radius 2 is 1.77 bits per heavy atom. The number of aryl methyl sites for hydroxylation is 1. The Hall–Kier alpha value is -1.26. The Morgan fingerprint density at radius 1 is 1.18 bits per heavy atom. The van der Waals surface area contributed by atoms with Gasteiger partial charge in [0.1, 0.15) is 0 Å². The van der Waals surface area contributed by atoms with Gasteiger partial charge in [-0.25, -0.2) is 0 Å². The molecule has 2 unspecified atom stereocenters. The molecule has 0 fully saturated rings. The number of hydrogen-bond acceptors (Lipinski definition) is 3. The molecule has 2 rings (SSSR count). The van der Waals surface area contributed by atoms with Crippen molar-refractivity contribution in [1.82, 2.24) is 0 Å². The lowest BCUT2D eigenvalue weighted by Crippen LogP contribution is -2.51. The number of ether oxygens (including phenoxy) is 1. The summed E-state index contributed by atoms with van der Waals surface area (Å²) in [5.41, 5.74) is 0.937. The van der Waals surface area contributed by atoms with Gasteiger partial charge in [0.05, 0.1) is 6.10 Å². The fourth-order valence-electron chi connectivity index (χ4n) is 2.31. The first-order valence-electron chi connectivity index (χ1n) is 6.09. The Morgan fingerprint density at radius 3 is 2.32 bits per heavy atom. The van der Waals surface area contributed by atoms with Crippen LogP contribution in [0.2, 0.25) is 0 Å². The van der Waals surface area contributed by atoms with Gasteiger partial charge in [0, 0.05) is 0 Å². The first-order chi connectivity index (χ1) is 9.94. The maximum Gasteiger partial charge on any atom is 0.421 e. The van der Waals surface area contributed by atoms with E-state index < -0.39 is 33.8 Å². The van der Waals surface area contributed by atoms with Gasteiger partial charge in [-0.1, -0.05) is 24.3 Å². The van der Waals surface area contributed by atoms with Crippen LogP contribution in [-0.4, -0.2) is 30.5 Å². The summed E-state index contributed by atoms with van der Waals surface area (Å²) in [7, 11) is -6.28. The minimum atomic E-state index is -6.28. The molecule has 1 aliphatic rings. The van der Waals surface area contributed by atoms with Crippen molar-refractivity contribution < 1.29 is 39.7 Å². The second kappa shape index (κ2) is 5.43. The summed E-state index contributed by atoms with van der Waals surface area (Å²) in [6.45, 7) is 0. The second-order valence-corrected chi connectivity index (χ2v) is 6.32. The number of rotatable bonds is 4. The SMILES string of the molecule is O=S(=O)(O)C(F)(F)C(OC1CCc2ccccc21)C(F)(F)F. The Balaban J connectivity index is 2.35. The van der Waals surface area contributed by atoms with Gasteiger partial charge in [-0.2, -0.15) is 30.4 Å². The third-order valence-corrected chi connectivity index (χ3v) is 4.23. The second-order valence-electron chi connectivity index (χ2n) is 4.82. The van der Waals surface area contributed by atoms with Gasteiger partial charge in [0.2, 0.25) is 6.10 Å². The van der Waals surface area contributed by atoms with E-state index in [1.807, 2.05) is 0 Å². The van der Waals surface area contributed by atoms with Crippen LogP contribution in [0.3, 0.4) is 0 Å². The standard InChI is InChI=1S/C12H11F5O4S/c13-11(14,15)10(12(16,17)22(18,19)20)21-9-6-5-7-3-1-2-4-8(7)9/h1-4,9-10H,5-6H2,(H,18,19,20). The Labute approximate surface area is 122 Å². The zero-order chi connectivity index (χ0) is 16.8. The summed E-state index contributed by atoms with van der Waals surface area (Å²) in [5, 5.41) is -5.50. The van der Waals surface area contributed by atoms with Gasteiger partial charge < -0.3 is 4.74 Å². The predicted molar refractivity (Wildman–Crippen MR) is 64.9 cm³/mol. The highest BCUT2D eigenvalue weighted by Gasteiger charge is 2.65. The monoisotopic (exact) mass is 346 g/mol. The summed E-state index contributed by atoms with van der Waals surface area (Å²) in [5.74, 6) is 0. The lowest BCUT2D eigenvalue weighted by atomic mass is 10.1. The van der Waals surface area contributed by atoms with Crippen LogP contribution in [-0.2, 0) is 21.3 Å². The third-order valence-electron chi connectivity index (χ3n) is 3.32. The van der Waals surface area contributed by atoms with E-state index in [4.69, 9.17) is 4.55 Å². The molecule has 0 saturated heterocycles. The molecule has 4 nitrogen and oxygen atoms in total. The first-order valence-corrected chi connectivity index (χ1v) is 7.53. The molecule has 22 heavy (non-hydrogen) atoms. The maximum atomic E-state index is 13.4. The molecule has 0 bridgehead atoms. The summed E-state index contributed by atoms with van der Waals surface area (Å²) >= 11 is 0. The van der Waals surface area contributed by atoms with Crippen molar-refractivity contribution in [2.45, 2.75) is 36.5 Å². The summed E-state index contributed by atoms with van der Waals surface area (Å²) in [4.78, 5) is 0. The fraction of sp³-hybridized carbons (Fsp3) is 0.500. The molecule has 124 valence electrons. The molecule has 1 aromatic rings. The zero-order valence-corrected chi connectivity index (χ0v) is 11.7. The van der Waals surface area contributed by atoms with E-state index in [2.05, 4.69) is 4.74 Å². The molecule has 0 heterocycles. The summed E-state index contributed by atoms with van der Waals surface area (Å²) in [6.07, 6.45) is -10.6. The normalized spacial score (nSPS) is 20.7. The lowest BCUT2D eigenvalue weighted by molar-refractivity contribution is -0.277. The van der Waals surface area contributed by atoms with Crippen LogP contribution in [0.1, 0.15) is 23.7 Å². The van der Waals surface area contributed by atoms with E-state index in [1.165, 1.54) is 12.1 Å². The largest absolute Gasteiger partial charge is 0.421 e. The van der Waals surface area contributed by atoms with E-state index in [0.717, 1.165) is 0 Å². The number of halogens is 5. The molecule has 10 heteroatoms. The van der Waals surface area contributed by atoms with Crippen molar-refractivity contribution in [2.24, 2.45) is 0 Å². The van der Waals surface area contributed by atoms with Crippen LogP contribution >= 0.6 is 0 Å². The maximum absolute atomic E-state index is 13.4. The van der Waals surface area contributed by atoms with E-state index in [1.54, 1.807) is 12.1 Å². The number of hydrogen-bond donors (Lipinski definition) is 1. The van der Waals surface area contributed by atoms with Gasteiger partial charge in [-0.05, 0) is 24.0 Å². The van der Waals surface area contributed by atoms with Crippen LogP contribution in [0.25, 0.3) is 0 Å². The first kappa shape index (κ1) is 17.1. The molecular formula is C12H11F5O4S. The molecule has 1 aromatic carbocycles. The molecule has 0 radical (unpaired) electrons. The van der Waals surface area contributed by atoms with Crippen LogP contribution in [0, 0.1) is 0 Å². The molecule has 0 aliphatic heterocycles. The van der Waals surface area contributed by atoms with E-state index >= 15 is 0 Å². The molecule has 0 saturated carbocycles. The predicted octanol–water partition coefficient (Wildman–Crippen LogP) is 3.10. The van der Waals surface area contributed by atoms with Crippen molar-refractivity contribution in [2.75, 3.05) is 0 Å². The van der Waals surface area contributed by atoms with Gasteiger partial charge in [0.15, 0.2) is 0 Å². The molecular weight excluding hydrogens is 335 g/mol. The number of benzene rings is 1. The highest BCUT2D eigenvalue weighted by atomic mass is 32.2. The van der Waals surface area contributed by atoms with Gasteiger partial charge >= 0.3 is 21.5 Å². The molecule has 0 amide bonds. The van der Waals surface area contributed by atoms with E-state index in [9.17, 15) is 30.4 Å². The quantitative estimate of drug-likeness (QED) is 0.672. The van der Waals surface area contributed by atoms with E-state index in [0.29, 0.717) is 17.5 Å². The van der Waals surface area contributed by atoms with Crippen molar-refractivity contribution in [3.63, 3.8) is 0 Å². The van der Waals surface area contributed by atoms with Crippen LogP contribution in [0.4, 0.5) is 22.0 Å². The smallest absolute Gasteiger partial charge is 0.354 e. The van der Waals surface area contributed by atoms with Crippen molar-refractivity contribution in [3.05, 3.63) is 35.4 Å². The number of fused-ring (bicyclic) bond motifs is 1. The molecule has 2 atom stereocenters. The summed E-state index contributed by atoms with van der Waals surface area (Å²) < 4.78 is 99.2. The van der Waals surface area contributed by atoms with Gasteiger partial charge in [0.25, 0.3) is 0 Å². The number of alkyl halides is 5. The highest BCUT2D eigenvalue weighted by molar-refractivity contribution is 7.86. The van der Waals surface area contributed by atoms with Crippen molar-refractivity contribution in [3.8, 4) is 0 Å². The van der Waals surface area contributed by atoms with Crippen LogP contribution in [0.15, 0.2) is 24.3 Å².